The van der Waals surface area contributed by atoms with E-state index in [-0.39, 0.29) is 5.91 Å². The molecule has 0 saturated carbocycles. The minimum Gasteiger partial charge on any atom is -0.424 e. The average Bonchev–Trinajstić information content (AvgIpc) is 2.55. The van der Waals surface area contributed by atoms with E-state index in [4.69, 9.17) is 16.3 Å². The molecule has 1 aromatic carbocycles. The summed E-state index contributed by atoms with van der Waals surface area (Å²) in [5, 5.41) is 1.20. The highest BCUT2D eigenvalue weighted by molar-refractivity contribution is 6.31. The third-order valence-corrected chi connectivity index (χ3v) is 2.56. The van der Waals surface area contributed by atoms with Crippen molar-refractivity contribution in [1.82, 2.24) is 4.57 Å². The van der Waals surface area contributed by atoms with Gasteiger partial charge in [0.2, 0.25) is 5.91 Å². The van der Waals surface area contributed by atoms with Gasteiger partial charge in [0.05, 0.1) is 11.7 Å². The molecule has 0 amide bonds. The maximum Gasteiger partial charge on any atom is 0.308 e. The summed E-state index contributed by atoms with van der Waals surface area (Å²) in [4.78, 5) is 22.4. The predicted molar refractivity (Wildman–Crippen MR) is 64.6 cm³/mol. The number of carbonyl (C=O) groups excluding carboxylic acids is 2. The van der Waals surface area contributed by atoms with Crippen LogP contribution in [0.2, 0.25) is 5.02 Å². The maximum atomic E-state index is 11.4. The van der Waals surface area contributed by atoms with Crippen LogP contribution in [-0.4, -0.2) is 16.4 Å². The highest BCUT2D eigenvalue weighted by atomic mass is 35.5. The summed E-state index contributed by atoms with van der Waals surface area (Å²) < 4.78 is 6.45. The first-order valence-corrected chi connectivity index (χ1v) is 5.37. The number of hydrogen-bond acceptors (Lipinski definition) is 3. The molecule has 0 fully saturated rings. The van der Waals surface area contributed by atoms with Crippen LogP contribution in [0.4, 0.5) is 0 Å². The van der Waals surface area contributed by atoms with Crippen LogP contribution in [0.3, 0.4) is 0 Å². The third-order valence-electron chi connectivity index (χ3n) is 2.32. The Kier molecular flexibility index (Phi) is 2.90. The molecule has 0 atom stereocenters. The molecule has 0 saturated heterocycles. The fraction of sp³-hybridized carbons (Fsp3) is 0.167. The zero-order chi connectivity index (χ0) is 12.6. The van der Waals surface area contributed by atoms with Crippen molar-refractivity contribution in [1.29, 1.82) is 0 Å². The van der Waals surface area contributed by atoms with E-state index in [9.17, 15) is 9.59 Å². The van der Waals surface area contributed by atoms with Crippen molar-refractivity contribution in [3.8, 4) is 5.75 Å². The van der Waals surface area contributed by atoms with Crippen molar-refractivity contribution >= 4 is 34.4 Å². The van der Waals surface area contributed by atoms with Crippen molar-refractivity contribution in [3.63, 3.8) is 0 Å². The van der Waals surface area contributed by atoms with E-state index in [1.54, 1.807) is 18.2 Å². The first kappa shape index (κ1) is 11.7. The number of rotatable bonds is 1. The molecule has 17 heavy (non-hydrogen) atoms. The largest absolute Gasteiger partial charge is 0.424 e. The Labute approximate surface area is 103 Å². The number of hydrogen-bond donors (Lipinski definition) is 0. The van der Waals surface area contributed by atoms with E-state index in [0.29, 0.717) is 21.7 Å². The van der Waals surface area contributed by atoms with Gasteiger partial charge in [-0.15, -0.1) is 0 Å². The fourth-order valence-corrected chi connectivity index (χ4v) is 1.83. The van der Waals surface area contributed by atoms with Crippen LogP contribution in [0, 0.1) is 0 Å². The molecule has 0 aliphatic rings. The van der Waals surface area contributed by atoms with Crippen molar-refractivity contribution in [2.45, 2.75) is 13.8 Å². The van der Waals surface area contributed by atoms with Crippen molar-refractivity contribution in [2.75, 3.05) is 0 Å². The first-order valence-electron chi connectivity index (χ1n) is 4.99. The number of esters is 1. The van der Waals surface area contributed by atoms with Crippen LogP contribution in [0.15, 0.2) is 24.4 Å². The van der Waals surface area contributed by atoms with Crippen molar-refractivity contribution < 1.29 is 14.3 Å². The average molecular weight is 252 g/mol. The van der Waals surface area contributed by atoms with E-state index >= 15 is 0 Å². The highest BCUT2D eigenvalue weighted by Gasteiger charge is 2.13. The molecular formula is C12H10ClNO3. The molecule has 0 N–H and O–H groups in total. The smallest absolute Gasteiger partial charge is 0.308 e. The molecule has 0 unspecified atom stereocenters. The number of fused-ring (bicyclic) bond motifs is 1. The molecule has 2 aromatic rings. The predicted octanol–water partition coefficient (Wildman–Crippen LogP) is 2.88. The summed E-state index contributed by atoms with van der Waals surface area (Å²) in [7, 11) is 0. The molecule has 0 aliphatic carbocycles. The van der Waals surface area contributed by atoms with E-state index < -0.39 is 5.97 Å². The molecule has 1 heterocycles. The minimum absolute atomic E-state index is 0.171. The molecule has 0 radical (unpaired) electrons. The minimum atomic E-state index is -0.428. The number of aromatic nitrogens is 1. The molecule has 0 aliphatic heterocycles. The molecule has 0 bridgehead atoms. The topological polar surface area (TPSA) is 48.3 Å². The summed E-state index contributed by atoms with van der Waals surface area (Å²) in [6.45, 7) is 2.74. The Bertz CT molecular complexity index is 615. The van der Waals surface area contributed by atoms with Gasteiger partial charge in [0.15, 0.2) is 5.75 Å². The molecule has 5 heteroatoms. The van der Waals surface area contributed by atoms with Gasteiger partial charge in [0.1, 0.15) is 0 Å². The summed E-state index contributed by atoms with van der Waals surface area (Å²) >= 11 is 5.88. The molecule has 2 rings (SSSR count). The van der Waals surface area contributed by atoms with Crippen molar-refractivity contribution in [2.24, 2.45) is 0 Å². The van der Waals surface area contributed by atoms with E-state index in [2.05, 4.69) is 0 Å². The lowest BCUT2D eigenvalue weighted by molar-refractivity contribution is -0.131. The Morgan fingerprint density at radius 2 is 2.00 bits per heavy atom. The van der Waals surface area contributed by atoms with Gasteiger partial charge in [-0.2, -0.15) is 0 Å². The second-order valence-corrected chi connectivity index (χ2v) is 4.07. The second-order valence-electron chi connectivity index (χ2n) is 3.64. The van der Waals surface area contributed by atoms with Gasteiger partial charge in [-0.25, -0.2) is 0 Å². The molecule has 1 aromatic heterocycles. The van der Waals surface area contributed by atoms with Crippen LogP contribution in [0.1, 0.15) is 18.6 Å². The van der Waals surface area contributed by atoms with Gasteiger partial charge in [0, 0.05) is 24.3 Å². The third kappa shape index (κ3) is 2.17. The van der Waals surface area contributed by atoms with Gasteiger partial charge in [-0.3, -0.25) is 14.2 Å². The number of benzene rings is 1. The Morgan fingerprint density at radius 1 is 1.29 bits per heavy atom. The first-order chi connectivity index (χ1) is 7.99. The standard InChI is InChI=1S/C12H10ClNO3/c1-7(15)14-6-12(17-8(2)16)10-4-3-9(13)5-11(10)14/h3-6H,1-2H3. The Balaban J connectivity index is 2.70. The lowest BCUT2D eigenvalue weighted by atomic mass is 10.2. The second kappa shape index (κ2) is 4.22. The molecule has 4 nitrogen and oxygen atoms in total. The number of halogens is 1. The Hall–Kier alpha value is -1.81. The number of carbonyl (C=O) groups is 2. The quantitative estimate of drug-likeness (QED) is 0.732. The van der Waals surface area contributed by atoms with E-state index in [0.717, 1.165) is 0 Å². The normalized spacial score (nSPS) is 10.5. The lowest BCUT2D eigenvalue weighted by Crippen LogP contribution is -2.03. The zero-order valence-electron chi connectivity index (χ0n) is 9.36. The molecular weight excluding hydrogens is 242 g/mol. The van der Waals surface area contributed by atoms with Crippen LogP contribution in [-0.2, 0) is 4.79 Å². The van der Waals surface area contributed by atoms with E-state index in [1.165, 1.54) is 24.6 Å². The summed E-state index contributed by atoms with van der Waals surface area (Å²) in [5.41, 5.74) is 0.626. The van der Waals surface area contributed by atoms with Crippen LogP contribution < -0.4 is 4.74 Å². The van der Waals surface area contributed by atoms with E-state index in [1.807, 2.05) is 0 Å². The molecule has 0 spiro atoms. The van der Waals surface area contributed by atoms with Crippen LogP contribution in [0.25, 0.3) is 10.9 Å². The lowest BCUT2D eigenvalue weighted by Gasteiger charge is -1.98. The van der Waals surface area contributed by atoms with Gasteiger partial charge in [0.25, 0.3) is 0 Å². The van der Waals surface area contributed by atoms with Gasteiger partial charge in [-0.05, 0) is 18.2 Å². The van der Waals surface area contributed by atoms with Crippen LogP contribution >= 0.6 is 11.6 Å². The zero-order valence-corrected chi connectivity index (χ0v) is 10.1. The highest BCUT2D eigenvalue weighted by Crippen LogP contribution is 2.30. The number of nitrogens with zero attached hydrogens (tertiary/aromatic N) is 1. The molecule has 88 valence electrons. The monoisotopic (exact) mass is 251 g/mol. The van der Waals surface area contributed by atoms with Gasteiger partial charge < -0.3 is 4.74 Å². The van der Waals surface area contributed by atoms with Crippen LogP contribution in [0.5, 0.6) is 5.75 Å². The Morgan fingerprint density at radius 3 is 2.59 bits per heavy atom. The van der Waals surface area contributed by atoms with Gasteiger partial charge in [-0.1, -0.05) is 11.6 Å². The summed E-state index contributed by atoms with van der Waals surface area (Å²) in [6.07, 6.45) is 1.49. The van der Waals surface area contributed by atoms with Gasteiger partial charge >= 0.3 is 5.97 Å². The number of ether oxygens (including phenoxy) is 1. The SMILES string of the molecule is CC(=O)Oc1cn(C(C)=O)c2cc(Cl)ccc12. The maximum absolute atomic E-state index is 11.4. The summed E-state index contributed by atoms with van der Waals surface area (Å²) in [5.74, 6) is -0.238. The van der Waals surface area contributed by atoms with Crippen molar-refractivity contribution in [3.05, 3.63) is 29.4 Å². The summed E-state index contributed by atoms with van der Waals surface area (Å²) in [6, 6.07) is 5.06. The fourth-order valence-electron chi connectivity index (χ4n) is 1.67.